The maximum Gasteiger partial charge on any atom is 0.340 e. The zero-order valence-electron chi connectivity index (χ0n) is 36.8. The second-order valence-electron chi connectivity index (χ2n) is 16.2. The van der Waals surface area contributed by atoms with E-state index in [1.807, 2.05) is 60.7 Å². The number of esters is 1. The van der Waals surface area contributed by atoms with Gasteiger partial charge in [-0.15, -0.1) is 0 Å². The van der Waals surface area contributed by atoms with E-state index in [2.05, 4.69) is 27.8 Å². The lowest BCUT2D eigenvalue weighted by atomic mass is 9.77. The van der Waals surface area contributed by atoms with Crippen LogP contribution in [0.3, 0.4) is 0 Å². The molecule has 6 aromatic rings. The normalized spacial score (nSPS) is 13.5. The van der Waals surface area contributed by atoms with Gasteiger partial charge in [0.1, 0.15) is 41.1 Å². The number of phenolic OH excluding ortho intramolecular Hbond substituents is 2. The number of unbranched alkanes of at least 4 members (excludes halogenated alkanes) is 3. The van der Waals surface area contributed by atoms with Crippen molar-refractivity contribution < 1.29 is 48.6 Å². The fraction of sp³-hybridized carbons (Fsp3) is 0.189. The van der Waals surface area contributed by atoms with Crippen molar-refractivity contribution in [3.8, 4) is 40.6 Å². The molecule has 15 heteroatoms. The topological polar surface area (TPSA) is 222 Å². The van der Waals surface area contributed by atoms with Gasteiger partial charge in [-0.1, -0.05) is 85.3 Å². The maximum absolute atomic E-state index is 13.4. The quantitative estimate of drug-likeness (QED) is 0.0146. The molecule has 1 unspecified atom stereocenters. The number of amides is 2. The van der Waals surface area contributed by atoms with Gasteiger partial charge in [0, 0.05) is 59.6 Å². The van der Waals surface area contributed by atoms with Gasteiger partial charge in [-0.25, -0.2) is 4.79 Å². The summed E-state index contributed by atoms with van der Waals surface area (Å²) >= 11 is 0. The van der Waals surface area contributed by atoms with Crippen molar-refractivity contribution in [2.45, 2.75) is 43.6 Å². The Labute approximate surface area is 394 Å². The summed E-state index contributed by atoms with van der Waals surface area (Å²) in [6, 6.07) is 38.1. The lowest BCUT2D eigenvalue weighted by molar-refractivity contribution is -0.117. The Balaban J connectivity index is 0.757. The number of carbonyl (C=O) groups excluding carboxylic acids is 3. The highest BCUT2D eigenvalue weighted by Gasteiger charge is 2.53. The van der Waals surface area contributed by atoms with E-state index in [-0.39, 0.29) is 52.7 Å². The van der Waals surface area contributed by atoms with E-state index in [0.29, 0.717) is 77.2 Å². The third-order valence-electron chi connectivity index (χ3n) is 11.5. The Morgan fingerprint density at radius 2 is 1.46 bits per heavy atom. The summed E-state index contributed by atoms with van der Waals surface area (Å²) in [5.74, 6) is 5.05. The van der Waals surface area contributed by atoms with Gasteiger partial charge in [0.2, 0.25) is 0 Å². The number of nitrogens with one attached hydrogen (secondary N) is 3. The molecule has 0 bridgehead atoms. The maximum atomic E-state index is 13.4. The molecule has 0 fully saturated rings. The Bertz CT molecular complexity index is 2880. The first-order valence-electron chi connectivity index (χ1n) is 22.0. The minimum absolute atomic E-state index is 0.0436. The molecule has 2 aliphatic rings. The van der Waals surface area contributed by atoms with Crippen molar-refractivity contribution in [3.63, 3.8) is 0 Å². The van der Waals surface area contributed by atoms with Crippen LogP contribution in [-0.2, 0) is 21.7 Å². The number of carbonyl (C=O) groups is 3. The molecule has 346 valence electrons. The number of phenols is 2. The van der Waals surface area contributed by atoms with E-state index in [1.54, 1.807) is 48.5 Å². The van der Waals surface area contributed by atoms with Gasteiger partial charge < -0.3 is 50.6 Å². The number of benzene rings is 6. The fourth-order valence-corrected chi connectivity index (χ4v) is 8.87. The van der Waals surface area contributed by atoms with Gasteiger partial charge in [-0.2, -0.15) is 0 Å². The van der Waals surface area contributed by atoms with E-state index in [1.165, 1.54) is 30.3 Å². The summed E-state index contributed by atoms with van der Waals surface area (Å²) in [4.78, 5) is 59.6. The minimum atomic E-state index is -2.30. The lowest BCUT2D eigenvalue weighted by Gasteiger charge is -2.36. The van der Waals surface area contributed by atoms with Crippen LogP contribution < -0.4 is 31.2 Å². The van der Waals surface area contributed by atoms with Gasteiger partial charge >= 0.3 is 5.97 Å². The average Bonchev–Trinajstić information content (AvgIpc) is 3.62. The van der Waals surface area contributed by atoms with Gasteiger partial charge in [0.15, 0.2) is 14.0 Å². The Morgan fingerprint density at radius 1 is 0.765 bits per heavy atom. The molecule has 8 rings (SSSR count). The molecule has 9 N–H and O–H groups in total. The third-order valence-corrected chi connectivity index (χ3v) is 12.4. The number of ether oxygens (including phenoxy) is 3. The summed E-state index contributed by atoms with van der Waals surface area (Å²) in [6.07, 6.45) is 4.62. The smallest absolute Gasteiger partial charge is 0.340 e. The van der Waals surface area contributed by atoms with Crippen molar-refractivity contribution in [3.05, 3.63) is 189 Å². The number of aromatic hydroxyl groups is 2. The highest BCUT2D eigenvalue weighted by Crippen LogP contribution is 2.57. The average molecular weight is 933 g/mol. The van der Waals surface area contributed by atoms with Crippen LogP contribution in [0.25, 0.3) is 6.08 Å². The zero-order valence-corrected chi connectivity index (χ0v) is 37.7. The van der Waals surface area contributed by atoms with Gasteiger partial charge in [-0.3, -0.25) is 14.9 Å². The third kappa shape index (κ3) is 10.8. The fourth-order valence-electron chi connectivity index (χ4n) is 8.18. The monoisotopic (exact) mass is 932 g/mol. The molecule has 14 nitrogen and oxygen atoms in total. The number of fused-ring (bicyclic) bond motifs is 6. The summed E-state index contributed by atoms with van der Waals surface area (Å²) < 4.78 is 18.0. The van der Waals surface area contributed by atoms with Crippen LogP contribution >= 0.6 is 8.38 Å². The molecule has 1 atom stereocenters. The molecule has 0 aromatic heterocycles. The van der Waals surface area contributed by atoms with Crippen LogP contribution in [0.5, 0.6) is 28.7 Å². The number of rotatable bonds is 17. The van der Waals surface area contributed by atoms with Gasteiger partial charge in [0.05, 0.1) is 11.3 Å². The second-order valence-corrected chi connectivity index (χ2v) is 17.4. The van der Waals surface area contributed by atoms with Crippen molar-refractivity contribution >= 4 is 32.2 Å². The molecule has 68 heavy (non-hydrogen) atoms. The largest absolute Gasteiger partial charge is 0.508 e. The van der Waals surface area contributed by atoms with Crippen LogP contribution in [0.1, 0.15) is 91.1 Å². The molecule has 0 saturated carbocycles. The molecule has 2 aliphatic heterocycles. The van der Waals surface area contributed by atoms with Gasteiger partial charge in [-0.05, 0) is 96.3 Å². The zero-order chi connectivity index (χ0) is 47.6. The lowest BCUT2D eigenvalue weighted by Crippen LogP contribution is -2.33. The van der Waals surface area contributed by atoms with Crippen molar-refractivity contribution in [2.24, 2.45) is 5.73 Å². The molecular weight excluding hydrogens is 884 g/mol. The van der Waals surface area contributed by atoms with Crippen molar-refractivity contribution in [1.82, 2.24) is 16.0 Å². The molecule has 0 saturated heterocycles. The van der Waals surface area contributed by atoms with E-state index < -0.39 is 25.7 Å². The second kappa shape index (κ2) is 21.3. The minimum Gasteiger partial charge on any atom is -0.508 e. The number of hydrogen-bond acceptors (Lipinski definition) is 12. The standard InChI is InChI=1S/C53H49N4O10P/c54-46(28-36-14-8-13-34(27-36)15-10-26-65-41-17-9-16-38(29-41)51(68(63)64)57-33-35-11-4-3-5-12-35)50(61)56-25-7-2-1-6-24-55-49(60)37-18-21-43-42(30-37)52(62)67-53(43)44-22-19-39(58)31-47(44)66-48-32-40(59)20-23-45(48)53/h3-5,8-9,11-14,16-23,27-32,51,57-59,63-64H,1-2,6-7,24-26,33,54H2,(H,55,60)(H,56,61)/b46-28+. The first-order valence-corrected chi connectivity index (χ1v) is 23.3. The molecular formula is C53H49N4O10P. The Kier molecular flexibility index (Phi) is 14.7. The van der Waals surface area contributed by atoms with E-state index >= 15 is 0 Å². The van der Waals surface area contributed by atoms with Crippen molar-refractivity contribution in [1.29, 1.82) is 0 Å². The summed E-state index contributed by atoms with van der Waals surface area (Å²) in [5.41, 5.74) is 9.94. The van der Waals surface area contributed by atoms with Crippen molar-refractivity contribution in [2.75, 3.05) is 19.7 Å². The van der Waals surface area contributed by atoms with Crippen LogP contribution in [0.15, 0.2) is 139 Å². The SMILES string of the molecule is N/C(=C/c1cccc(C#CCOc2cccc(C(NCc3ccccc3)P(O)O)c2)c1)C(=O)NCCCCCCNC(=O)c1ccc2c(c1)C(=O)OC21c2ccc(O)cc2Oc2cc(O)ccc21. The van der Waals surface area contributed by atoms with Crippen LogP contribution in [-0.4, -0.2) is 57.5 Å². The molecule has 1 spiro atoms. The van der Waals surface area contributed by atoms with E-state index in [9.17, 15) is 34.4 Å². The van der Waals surface area contributed by atoms with E-state index in [0.717, 1.165) is 18.4 Å². The first kappa shape index (κ1) is 46.9. The summed E-state index contributed by atoms with van der Waals surface area (Å²) in [5, 5.41) is 29.3. The van der Waals surface area contributed by atoms with Crippen LogP contribution in [0, 0.1) is 11.8 Å². The molecule has 2 heterocycles. The number of hydrogen-bond donors (Lipinski definition) is 8. The first-order chi connectivity index (χ1) is 33.0. The van der Waals surface area contributed by atoms with E-state index in [4.69, 9.17) is 19.9 Å². The van der Waals surface area contributed by atoms with Crippen LogP contribution in [0.2, 0.25) is 0 Å². The highest BCUT2D eigenvalue weighted by atomic mass is 31.2. The summed E-state index contributed by atoms with van der Waals surface area (Å²) in [6.45, 7) is 1.41. The Hall–Kier alpha value is -7.66. The highest BCUT2D eigenvalue weighted by molar-refractivity contribution is 7.45. The van der Waals surface area contributed by atoms with Crippen LogP contribution in [0.4, 0.5) is 0 Å². The Morgan fingerprint density at radius 3 is 2.18 bits per heavy atom. The predicted octanol–water partition coefficient (Wildman–Crippen LogP) is 7.59. The summed E-state index contributed by atoms with van der Waals surface area (Å²) in [7, 11) is -2.30. The number of nitrogens with two attached hydrogens (primary N) is 1. The molecule has 2 amide bonds. The molecule has 0 aliphatic carbocycles. The van der Waals surface area contributed by atoms with Gasteiger partial charge in [0.25, 0.3) is 11.8 Å². The predicted molar refractivity (Wildman–Crippen MR) is 257 cm³/mol. The molecule has 0 radical (unpaired) electrons. The molecule has 6 aromatic carbocycles.